The molecule has 0 aliphatic carbocycles. The van der Waals surface area contributed by atoms with Crippen LogP contribution in [0.3, 0.4) is 0 Å². The summed E-state index contributed by atoms with van der Waals surface area (Å²) in [5.74, 6) is 0.240. The number of carbonyl (C=O) groups excluding carboxylic acids is 1. The first kappa shape index (κ1) is 20.0. The Labute approximate surface area is 168 Å². The molecule has 0 radical (unpaired) electrons. The van der Waals surface area contributed by atoms with E-state index in [0.29, 0.717) is 16.4 Å². The Morgan fingerprint density at radius 2 is 1.89 bits per heavy atom. The molecule has 1 atom stereocenters. The number of hydrogen-bond donors (Lipinski definition) is 1. The standard InChI is InChI=1S/C22H22ClNO4/c1-3-14-11-22(26)28-20-12-17(9-10-18(14)20)27-13-21(25)24-19(4-2)15-5-7-16(23)8-6-15/h5-12,19H,3-4,13H2,1-2H3,(H,24,25). The van der Waals surface area contributed by atoms with Crippen LogP contribution in [0.4, 0.5) is 0 Å². The summed E-state index contributed by atoms with van der Waals surface area (Å²) in [5.41, 5.74) is 1.96. The number of halogens is 1. The fraction of sp³-hybridized carbons (Fsp3) is 0.273. The van der Waals surface area contributed by atoms with E-state index in [-0.39, 0.29) is 18.6 Å². The Balaban J connectivity index is 1.66. The maximum absolute atomic E-state index is 12.3. The highest BCUT2D eigenvalue weighted by Crippen LogP contribution is 2.23. The molecule has 0 saturated carbocycles. The van der Waals surface area contributed by atoms with Crippen molar-refractivity contribution in [2.45, 2.75) is 32.7 Å². The molecule has 28 heavy (non-hydrogen) atoms. The number of aryl methyl sites for hydroxylation is 1. The minimum Gasteiger partial charge on any atom is -0.484 e. The summed E-state index contributed by atoms with van der Waals surface area (Å²) < 4.78 is 10.8. The highest BCUT2D eigenvalue weighted by molar-refractivity contribution is 6.30. The molecule has 1 N–H and O–H groups in total. The van der Waals surface area contributed by atoms with Gasteiger partial charge in [0, 0.05) is 22.5 Å². The number of nitrogens with one attached hydrogen (secondary N) is 1. The maximum Gasteiger partial charge on any atom is 0.336 e. The van der Waals surface area contributed by atoms with Crippen LogP contribution in [0.1, 0.15) is 37.4 Å². The van der Waals surface area contributed by atoms with Crippen LogP contribution in [0.25, 0.3) is 11.0 Å². The van der Waals surface area contributed by atoms with Crippen molar-refractivity contribution in [1.29, 1.82) is 0 Å². The van der Waals surface area contributed by atoms with Gasteiger partial charge in [-0.1, -0.05) is 37.6 Å². The summed E-state index contributed by atoms with van der Waals surface area (Å²) in [6.07, 6.45) is 1.47. The normalized spacial score (nSPS) is 12.0. The van der Waals surface area contributed by atoms with E-state index in [9.17, 15) is 9.59 Å². The topological polar surface area (TPSA) is 68.5 Å². The molecule has 1 aromatic heterocycles. The van der Waals surface area contributed by atoms with Gasteiger partial charge in [-0.25, -0.2) is 4.79 Å². The third-order valence-electron chi connectivity index (χ3n) is 4.57. The molecule has 0 fully saturated rings. The molecule has 1 heterocycles. The molecule has 3 aromatic rings. The van der Waals surface area contributed by atoms with Gasteiger partial charge in [-0.15, -0.1) is 0 Å². The number of ether oxygens (including phenoxy) is 1. The van der Waals surface area contributed by atoms with Crippen molar-refractivity contribution >= 4 is 28.5 Å². The molecule has 0 saturated heterocycles. The van der Waals surface area contributed by atoms with E-state index in [1.165, 1.54) is 6.07 Å². The predicted octanol–water partition coefficient (Wildman–Crippen LogP) is 4.66. The monoisotopic (exact) mass is 399 g/mol. The van der Waals surface area contributed by atoms with Crippen molar-refractivity contribution in [3.63, 3.8) is 0 Å². The molecule has 6 heteroatoms. The van der Waals surface area contributed by atoms with Crippen molar-refractivity contribution in [2.24, 2.45) is 0 Å². The van der Waals surface area contributed by atoms with Crippen LogP contribution >= 0.6 is 11.6 Å². The number of hydrogen-bond acceptors (Lipinski definition) is 4. The van der Waals surface area contributed by atoms with E-state index in [2.05, 4.69) is 5.32 Å². The highest BCUT2D eigenvalue weighted by atomic mass is 35.5. The second kappa shape index (κ2) is 8.93. The zero-order chi connectivity index (χ0) is 20.1. The second-order valence-electron chi connectivity index (χ2n) is 6.47. The Morgan fingerprint density at radius 1 is 1.14 bits per heavy atom. The van der Waals surface area contributed by atoms with Crippen LogP contribution in [0.2, 0.25) is 5.02 Å². The fourth-order valence-corrected chi connectivity index (χ4v) is 3.22. The smallest absolute Gasteiger partial charge is 0.336 e. The number of carbonyl (C=O) groups is 1. The van der Waals surface area contributed by atoms with E-state index >= 15 is 0 Å². The van der Waals surface area contributed by atoms with Crippen LogP contribution in [0.5, 0.6) is 5.75 Å². The molecule has 0 bridgehead atoms. The average Bonchev–Trinajstić information content (AvgIpc) is 2.70. The zero-order valence-corrected chi connectivity index (χ0v) is 16.6. The zero-order valence-electron chi connectivity index (χ0n) is 15.8. The maximum atomic E-state index is 12.3. The van der Waals surface area contributed by atoms with Gasteiger partial charge in [0.15, 0.2) is 6.61 Å². The number of benzene rings is 2. The minimum atomic E-state index is -0.395. The molecule has 3 rings (SSSR count). The van der Waals surface area contributed by atoms with Gasteiger partial charge in [0.2, 0.25) is 0 Å². The third kappa shape index (κ3) is 4.73. The molecule has 2 aromatic carbocycles. The predicted molar refractivity (Wildman–Crippen MR) is 110 cm³/mol. The lowest BCUT2D eigenvalue weighted by Crippen LogP contribution is -2.32. The molecule has 146 valence electrons. The first-order chi connectivity index (χ1) is 13.5. The van der Waals surface area contributed by atoms with Gasteiger partial charge >= 0.3 is 5.63 Å². The summed E-state index contributed by atoms with van der Waals surface area (Å²) >= 11 is 5.92. The lowest BCUT2D eigenvalue weighted by atomic mass is 10.0. The molecule has 0 spiro atoms. The molecule has 5 nitrogen and oxygen atoms in total. The van der Waals surface area contributed by atoms with E-state index in [1.807, 2.05) is 32.0 Å². The van der Waals surface area contributed by atoms with Crippen molar-refractivity contribution in [1.82, 2.24) is 5.32 Å². The molecule has 1 unspecified atom stereocenters. The van der Waals surface area contributed by atoms with Gasteiger partial charge in [-0.2, -0.15) is 0 Å². The van der Waals surface area contributed by atoms with Gasteiger partial charge in [-0.3, -0.25) is 4.79 Å². The Morgan fingerprint density at radius 3 is 2.57 bits per heavy atom. The molecular weight excluding hydrogens is 378 g/mol. The van der Waals surface area contributed by atoms with Gasteiger partial charge in [-0.05, 0) is 48.2 Å². The first-order valence-corrected chi connectivity index (χ1v) is 9.62. The summed E-state index contributed by atoms with van der Waals surface area (Å²) in [5, 5.41) is 4.48. The largest absolute Gasteiger partial charge is 0.484 e. The van der Waals surface area contributed by atoms with Crippen molar-refractivity contribution in [3.05, 3.63) is 75.1 Å². The minimum absolute atomic E-state index is 0.116. The van der Waals surface area contributed by atoms with E-state index < -0.39 is 5.63 Å². The number of fused-ring (bicyclic) bond motifs is 1. The van der Waals surface area contributed by atoms with Crippen molar-refractivity contribution < 1.29 is 13.9 Å². The SMILES string of the molecule is CCc1cc(=O)oc2cc(OCC(=O)NC(CC)c3ccc(Cl)cc3)ccc12. The van der Waals surface area contributed by atoms with E-state index in [0.717, 1.165) is 29.4 Å². The molecular formula is C22H22ClNO4. The van der Waals surface area contributed by atoms with Crippen LogP contribution in [0, 0.1) is 0 Å². The Hall–Kier alpha value is -2.79. The summed E-state index contributed by atoms with van der Waals surface area (Å²) in [6.45, 7) is 3.85. The van der Waals surface area contributed by atoms with Crippen LogP contribution in [-0.2, 0) is 11.2 Å². The average molecular weight is 400 g/mol. The number of amides is 1. The lowest BCUT2D eigenvalue weighted by molar-refractivity contribution is -0.123. The molecule has 1 amide bonds. The van der Waals surface area contributed by atoms with Gasteiger partial charge in [0.25, 0.3) is 5.91 Å². The van der Waals surface area contributed by atoms with Gasteiger partial charge < -0.3 is 14.5 Å². The van der Waals surface area contributed by atoms with Crippen LogP contribution in [0.15, 0.2) is 57.7 Å². The van der Waals surface area contributed by atoms with Crippen LogP contribution < -0.4 is 15.7 Å². The number of rotatable bonds is 7. The third-order valence-corrected chi connectivity index (χ3v) is 4.82. The summed E-state index contributed by atoms with van der Waals surface area (Å²) in [7, 11) is 0. The Bertz CT molecular complexity index is 1030. The van der Waals surface area contributed by atoms with Gasteiger partial charge in [0.05, 0.1) is 6.04 Å². The van der Waals surface area contributed by atoms with Crippen molar-refractivity contribution in [2.75, 3.05) is 6.61 Å². The van der Waals surface area contributed by atoms with E-state index in [4.69, 9.17) is 20.8 Å². The van der Waals surface area contributed by atoms with Crippen molar-refractivity contribution in [3.8, 4) is 5.75 Å². The molecule has 0 aliphatic heterocycles. The summed E-state index contributed by atoms with van der Waals surface area (Å²) in [6, 6.07) is 14.0. The lowest BCUT2D eigenvalue weighted by Gasteiger charge is -2.18. The quantitative estimate of drug-likeness (QED) is 0.587. The van der Waals surface area contributed by atoms with Crippen LogP contribution in [-0.4, -0.2) is 12.5 Å². The molecule has 0 aliphatic rings. The first-order valence-electron chi connectivity index (χ1n) is 9.24. The van der Waals surface area contributed by atoms with Gasteiger partial charge in [0.1, 0.15) is 11.3 Å². The fourth-order valence-electron chi connectivity index (χ4n) is 3.09. The van der Waals surface area contributed by atoms with E-state index in [1.54, 1.807) is 24.3 Å². The highest BCUT2D eigenvalue weighted by Gasteiger charge is 2.13. The summed E-state index contributed by atoms with van der Waals surface area (Å²) in [4.78, 5) is 24.0. The Kier molecular flexibility index (Phi) is 6.37. The second-order valence-corrected chi connectivity index (χ2v) is 6.91.